The first-order valence-corrected chi connectivity index (χ1v) is 8.36. The van der Waals surface area contributed by atoms with Gasteiger partial charge in [-0.1, -0.05) is 13.8 Å². The molecule has 0 aromatic heterocycles. The van der Waals surface area contributed by atoms with E-state index in [-0.39, 0.29) is 5.82 Å². The van der Waals surface area contributed by atoms with Crippen molar-refractivity contribution in [2.75, 3.05) is 50.0 Å². The Morgan fingerprint density at radius 1 is 1.09 bits per heavy atom. The zero-order chi connectivity index (χ0) is 15.9. The molecule has 1 aromatic rings. The molecule has 22 heavy (non-hydrogen) atoms. The van der Waals surface area contributed by atoms with Crippen LogP contribution >= 0.6 is 0 Å². The summed E-state index contributed by atoms with van der Waals surface area (Å²) < 4.78 is 19.3. The highest BCUT2D eigenvalue weighted by Gasteiger charge is 2.26. The Morgan fingerprint density at radius 3 is 2.32 bits per heavy atom. The van der Waals surface area contributed by atoms with Crippen molar-refractivity contribution in [3.05, 3.63) is 24.0 Å². The van der Waals surface area contributed by atoms with Crippen LogP contribution in [-0.4, -0.2) is 50.3 Å². The fraction of sp³-hybridized carbons (Fsp3) is 0.647. The highest BCUT2D eigenvalue weighted by atomic mass is 19.1. The molecule has 0 amide bonds. The Labute approximate surface area is 133 Å². The van der Waals surface area contributed by atoms with E-state index in [1.165, 1.54) is 6.07 Å². The number of piperidine rings is 1. The van der Waals surface area contributed by atoms with Crippen molar-refractivity contribution in [3.63, 3.8) is 0 Å². The molecule has 5 heteroatoms. The number of hydrogen-bond acceptors (Lipinski definition) is 4. The average molecular weight is 309 g/mol. The van der Waals surface area contributed by atoms with Gasteiger partial charge in [-0.25, -0.2) is 4.39 Å². The summed E-state index contributed by atoms with van der Waals surface area (Å²) in [7, 11) is 0. The second-order valence-electron chi connectivity index (χ2n) is 5.58. The fourth-order valence-electron chi connectivity index (χ4n) is 3.19. The second-order valence-corrected chi connectivity index (χ2v) is 5.58. The van der Waals surface area contributed by atoms with Crippen LogP contribution in [0.25, 0.3) is 0 Å². The van der Waals surface area contributed by atoms with Crippen LogP contribution in [0, 0.1) is 5.82 Å². The maximum Gasteiger partial charge on any atom is 0.148 e. The first-order chi connectivity index (χ1) is 10.7. The van der Waals surface area contributed by atoms with Gasteiger partial charge in [-0.3, -0.25) is 4.90 Å². The van der Waals surface area contributed by atoms with Gasteiger partial charge in [-0.15, -0.1) is 0 Å². The third-order valence-corrected chi connectivity index (χ3v) is 4.34. The average Bonchev–Trinajstić information content (AvgIpc) is 2.58. The first kappa shape index (κ1) is 17.0. The number of halogens is 1. The van der Waals surface area contributed by atoms with Gasteiger partial charge >= 0.3 is 0 Å². The van der Waals surface area contributed by atoms with Crippen molar-refractivity contribution < 1.29 is 9.13 Å². The Bertz CT molecular complexity index is 455. The minimum atomic E-state index is -0.213. The Kier molecular flexibility index (Phi) is 6.46. The van der Waals surface area contributed by atoms with E-state index in [1.807, 2.05) is 13.8 Å². The molecule has 4 nitrogen and oxygen atoms in total. The second kappa shape index (κ2) is 8.34. The summed E-state index contributed by atoms with van der Waals surface area (Å²) in [4.78, 5) is 4.64. The zero-order valence-electron chi connectivity index (χ0n) is 13.7. The molecule has 0 unspecified atom stereocenters. The van der Waals surface area contributed by atoms with Crippen molar-refractivity contribution in [2.45, 2.75) is 32.7 Å². The van der Waals surface area contributed by atoms with Crippen LogP contribution in [0.2, 0.25) is 0 Å². The van der Waals surface area contributed by atoms with E-state index in [0.717, 1.165) is 52.2 Å². The van der Waals surface area contributed by atoms with Crippen LogP contribution < -0.4 is 10.6 Å². The van der Waals surface area contributed by atoms with Gasteiger partial charge in [0.1, 0.15) is 5.82 Å². The molecule has 2 saturated heterocycles. The number of benzene rings is 1. The summed E-state index contributed by atoms with van der Waals surface area (Å²) >= 11 is 0. The Morgan fingerprint density at radius 2 is 1.73 bits per heavy atom. The smallest absolute Gasteiger partial charge is 0.148 e. The maximum absolute atomic E-state index is 13.9. The number of nitrogen functional groups attached to an aromatic ring is 1. The van der Waals surface area contributed by atoms with Gasteiger partial charge in [0, 0.05) is 37.9 Å². The summed E-state index contributed by atoms with van der Waals surface area (Å²) in [5.41, 5.74) is 6.76. The molecule has 0 radical (unpaired) electrons. The van der Waals surface area contributed by atoms with E-state index in [2.05, 4.69) is 9.80 Å². The summed E-state index contributed by atoms with van der Waals surface area (Å²) in [5, 5.41) is 0. The molecule has 2 aliphatic heterocycles. The molecular weight excluding hydrogens is 281 g/mol. The molecule has 2 N–H and O–H groups in total. The predicted molar refractivity (Wildman–Crippen MR) is 89.8 cm³/mol. The van der Waals surface area contributed by atoms with Crippen LogP contribution in [0.15, 0.2) is 18.2 Å². The normalized spacial score (nSPS) is 20.4. The summed E-state index contributed by atoms with van der Waals surface area (Å²) in [6.45, 7) is 9.55. The molecule has 0 saturated carbocycles. The van der Waals surface area contributed by atoms with Gasteiger partial charge in [0.25, 0.3) is 0 Å². The molecule has 2 aliphatic rings. The summed E-state index contributed by atoms with van der Waals surface area (Å²) in [6, 6.07) is 5.59. The number of hydrogen-bond donors (Lipinski definition) is 1. The predicted octanol–water partition coefficient (Wildman–Crippen LogP) is 2.74. The Balaban J connectivity index is 0.000000847. The van der Waals surface area contributed by atoms with E-state index in [1.54, 1.807) is 12.1 Å². The van der Waals surface area contributed by atoms with Crippen molar-refractivity contribution in [1.29, 1.82) is 0 Å². The van der Waals surface area contributed by atoms with Crippen LogP contribution in [0.4, 0.5) is 15.8 Å². The van der Waals surface area contributed by atoms with Crippen LogP contribution in [-0.2, 0) is 4.74 Å². The van der Waals surface area contributed by atoms with Crippen molar-refractivity contribution >= 4 is 11.4 Å². The highest BCUT2D eigenvalue weighted by Crippen LogP contribution is 2.26. The van der Waals surface area contributed by atoms with Crippen LogP contribution in [0.3, 0.4) is 0 Å². The lowest BCUT2D eigenvalue weighted by Crippen LogP contribution is -2.49. The van der Waals surface area contributed by atoms with E-state index in [4.69, 9.17) is 10.5 Å². The largest absolute Gasteiger partial charge is 0.399 e. The Hall–Kier alpha value is -1.33. The molecule has 0 atom stereocenters. The standard InChI is InChI=1S/C15H22FN3O.C2H6/c16-14-11-12(17)1-2-15(14)19-5-3-13(4-6-19)18-7-9-20-10-8-18;1-2/h1-2,11,13H,3-10,17H2;1-2H3. The van der Waals surface area contributed by atoms with Gasteiger partial charge in [0.2, 0.25) is 0 Å². The number of morpholine rings is 1. The van der Waals surface area contributed by atoms with Crippen LogP contribution in [0.1, 0.15) is 26.7 Å². The third kappa shape index (κ3) is 4.11. The highest BCUT2D eigenvalue weighted by molar-refractivity contribution is 5.54. The number of ether oxygens (including phenoxy) is 1. The quantitative estimate of drug-likeness (QED) is 0.853. The van der Waals surface area contributed by atoms with Gasteiger partial charge in [-0.05, 0) is 31.0 Å². The lowest BCUT2D eigenvalue weighted by Gasteiger charge is -2.40. The van der Waals surface area contributed by atoms with Gasteiger partial charge in [0.05, 0.1) is 18.9 Å². The number of nitrogens with zero attached hydrogens (tertiary/aromatic N) is 2. The molecule has 124 valence electrons. The fourth-order valence-corrected chi connectivity index (χ4v) is 3.19. The topological polar surface area (TPSA) is 41.7 Å². The number of anilines is 2. The van der Waals surface area contributed by atoms with E-state index in [0.29, 0.717) is 17.4 Å². The zero-order valence-corrected chi connectivity index (χ0v) is 13.7. The minimum absolute atomic E-state index is 0.213. The molecule has 1 aromatic carbocycles. The lowest BCUT2D eigenvalue weighted by atomic mass is 10.0. The molecule has 3 rings (SSSR count). The number of rotatable bonds is 2. The van der Waals surface area contributed by atoms with Crippen LogP contribution in [0.5, 0.6) is 0 Å². The maximum atomic E-state index is 13.9. The van der Waals surface area contributed by atoms with Gasteiger partial charge < -0.3 is 15.4 Å². The molecule has 2 fully saturated rings. The van der Waals surface area contributed by atoms with E-state index in [9.17, 15) is 4.39 Å². The number of nitrogens with two attached hydrogens (primary N) is 1. The van der Waals surface area contributed by atoms with Gasteiger partial charge in [-0.2, -0.15) is 0 Å². The minimum Gasteiger partial charge on any atom is -0.399 e. The van der Waals surface area contributed by atoms with Crippen molar-refractivity contribution in [2.24, 2.45) is 0 Å². The van der Waals surface area contributed by atoms with Gasteiger partial charge in [0.15, 0.2) is 0 Å². The summed E-state index contributed by atoms with van der Waals surface area (Å²) in [5.74, 6) is -0.213. The van der Waals surface area contributed by atoms with E-state index >= 15 is 0 Å². The SMILES string of the molecule is CC.Nc1ccc(N2CCC(N3CCOCC3)CC2)c(F)c1. The first-order valence-electron chi connectivity index (χ1n) is 8.36. The van der Waals surface area contributed by atoms with E-state index < -0.39 is 0 Å². The molecule has 0 bridgehead atoms. The molecular formula is C17H28FN3O. The lowest BCUT2D eigenvalue weighted by molar-refractivity contribution is 0.0115. The third-order valence-electron chi connectivity index (χ3n) is 4.34. The molecule has 2 heterocycles. The van der Waals surface area contributed by atoms with Crippen molar-refractivity contribution in [3.8, 4) is 0 Å². The molecule has 0 spiro atoms. The molecule has 0 aliphatic carbocycles. The van der Waals surface area contributed by atoms with Crippen molar-refractivity contribution in [1.82, 2.24) is 4.90 Å². The summed E-state index contributed by atoms with van der Waals surface area (Å²) in [6.07, 6.45) is 2.17. The monoisotopic (exact) mass is 309 g/mol.